The van der Waals surface area contributed by atoms with Gasteiger partial charge in [0.2, 0.25) is 17.6 Å². The third-order valence-electron chi connectivity index (χ3n) is 4.24. The molecule has 0 spiro atoms. The van der Waals surface area contributed by atoms with Gasteiger partial charge in [0.25, 0.3) is 0 Å². The lowest BCUT2D eigenvalue weighted by Gasteiger charge is -2.15. The van der Waals surface area contributed by atoms with Crippen LogP contribution in [0.1, 0.15) is 25.2 Å². The molecule has 2 heterocycles. The summed E-state index contributed by atoms with van der Waals surface area (Å²) in [6, 6.07) is 5.79. The SMILES string of the molecule is O=C(O)[C@@H]1CCN(C(=O)CCCc2nc(-c3ccc(F)cc3)no2)C1. The van der Waals surface area contributed by atoms with Gasteiger partial charge in [0.15, 0.2) is 0 Å². The summed E-state index contributed by atoms with van der Waals surface area (Å²) in [6.07, 6.45) is 1.81. The Hall–Kier alpha value is -2.77. The van der Waals surface area contributed by atoms with Crippen LogP contribution < -0.4 is 0 Å². The van der Waals surface area contributed by atoms with Gasteiger partial charge in [-0.05, 0) is 37.1 Å². The minimum atomic E-state index is -0.852. The van der Waals surface area contributed by atoms with E-state index in [9.17, 15) is 14.0 Å². The maximum atomic E-state index is 12.9. The Labute approximate surface area is 143 Å². The van der Waals surface area contributed by atoms with Gasteiger partial charge in [0, 0.05) is 31.5 Å². The smallest absolute Gasteiger partial charge is 0.308 e. The molecule has 132 valence electrons. The van der Waals surface area contributed by atoms with Gasteiger partial charge in [-0.3, -0.25) is 9.59 Å². The van der Waals surface area contributed by atoms with Crippen LogP contribution in [0.2, 0.25) is 0 Å². The molecular weight excluding hydrogens is 329 g/mol. The predicted molar refractivity (Wildman–Crippen MR) is 85.0 cm³/mol. The zero-order valence-electron chi connectivity index (χ0n) is 13.5. The lowest BCUT2D eigenvalue weighted by molar-refractivity contribution is -0.141. The molecule has 2 aromatic rings. The Bertz CT molecular complexity index is 760. The van der Waals surface area contributed by atoms with Gasteiger partial charge in [-0.15, -0.1) is 0 Å². The molecule has 0 aliphatic carbocycles. The summed E-state index contributed by atoms with van der Waals surface area (Å²) < 4.78 is 18.1. The number of carbonyl (C=O) groups excluding carboxylic acids is 1. The number of benzene rings is 1. The lowest BCUT2D eigenvalue weighted by atomic mass is 10.1. The van der Waals surface area contributed by atoms with Crippen LogP contribution in [0, 0.1) is 11.7 Å². The van der Waals surface area contributed by atoms with Crippen LogP contribution in [0.3, 0.4) is 0 Å². The van der Waals surface area contributed by atoms with Gasteiger partial charge in [0.1, 0.15) is 5.82 Å². The van der Waals surface area contributed by atoms with E-state index in [1.165, 1.54) is 12.1 Å². The second kappa shape index (κ2) is 7.42. The van der Waals surface area contributed by atoms with E-state index in [0.29, 0.717) is 49.5 Å². The van der Waals surface area contributed by atoms with Gasteiger partial charge >= 0.3 is 5.97 Å². The number of aromatic nitrogens is 2. The second-order valence-electron chi connectivity index (χ2n) is 6.04. The second-order valence-corrected chi connectivity index (χ2v) is 6.04. The molecular formula is C17H18FN3O4. The molecule has 1 aromatic carbocycles. The van der Waals surface area contributed by atoms with Crippen molar-refractivity contribution in [1.82, 2.24) is 15.0 Å². The van der Waals surface area contributed by atoms with Gasteiger partial charge in [-0.2, -0.15) is 4.98 Å². The van der Waals surface area contributed by atoms with Crippen LogP contribution in [0.15, 0.2) is 28.8 Å². The molecule has 0 unspecified atom stereocenters. The third kappa shape index (κ3) is 4.20. The van der Waals surface area contributed by atoms with Crippen molar-refractivity contribution in [3.8, 4) is 11.4 Å². The fourth-order valence-electron chi connectivity index (χ4n) is 2.81. The van der Waals surface area contributed by atoms with Crippen molar-refractivity contribution in [3.05, 3.63) is 36.0 Å². The molecule has 0 saturated carbocycles. The highest BCUT2D eigenvalue weighted by Crippen LogP contribution is 2.19. The Balaban J connectivity index is 1.47. The zero-order chi connectivity index (χ0) is 17.8. The Morgan fingerprint density at radius 2 is 2.08 bits per heavy atom. The summed E-state index contributed by atoms with van der Waals surface area (Å²) in [5.41, 5.74) is 0.657. The fourth-order valence-corrected chi connectivity index (χ4v) is 2.81. The number of carbonyl (C=O) groups is 2. The average Bonchev–Trinajstić information content (AvgIpc) is 3.25. The topological polar surface area (TPSA) is 96.5 Å². The van der Waals surface area contributed by atoms with E-state index in [1.807, 2.05) is 0 Å². The number of carboxylic acid groups (broad SMARTS) is 1. The number of hydrogen-bond donors (Lipinski definition) is 1. The number of aryl methyl sites for hydroxylation is 1. The van der Waals surface area contributed by atoms with Crippen molar-refractivity contribution < 1.29 is 23.6 Å². The first-order chi connectivity index (χ1) is 12.0. The summed E-state index contributed by atoms with van der Waals surface area (Å²) in [4.78, 5) is 28.8. The minimum Gasteiger partial charge on any atom is -0.481 e. The first-order valence-electron chi connectivity index (χ1n) is 8.12. The molecule has 0 radical (unpaired) electrons. The van der Waals surface area contributed by atoms with Crippen LogP contribution in [0.5, 0.6) is 0 Å². The molecule has 0 bridgehead atoms. The standard InChI is InChI=1S/C17H18FN3O4/c18-13-6-4-11(5-7-13)16-19-14(25-20-16)2-1-3-15(22)21-9-8-12(10-21)17(23)24/h4-7,12H,1-3,8-10H2,(H,23,24)/t12-/m1/s1. The van der Waals surface area contributed by atoms with Crippen molar-refractivity contribution in [2.24, 2.45) is 5.92 Å². The maximum absolute atomic E-state index is 12.9. The molecule has 1 aliphatic rings. The van der Waals surface area contributed by atoms with E-state index in [2.05, 4.69) is 10.1 Å². The normalized spacial score (nSPS) is 17.0. The molecule has 1 atom stereocenters. The molecule has 1 aromatic heterocycles. The minimum absolute atomic E-state index is 0.0537. The van der Waals surface area contributed by atoms with Crippen molar-refractivity contribution in [1.29, 1.82) is 0 Å². The molecule has 25 heavy (non-hydrogen) atoms. The van der Waals surface area contributed by atoms with E-state index >= 15 is 0 Å². The number of nitrogens with zero attached hydrogens (tertiary/aromatic N) is 3. The van der Waals surface area contributed by atoms with Crippen LogP contribution >= 0.6 is 0 Å². The van der Waals surface area contributed by atoms with Crippen molar-refractivity contribution in [2.45, 2.75) is 25.7 Å². The van der Waals surface area contributed by atoms with Crippen LogP contribution in [0.25, 0.3) is 11.4 Å². The first-order valence-corrected chi connectivity index (χ1v) is 8.12. The van der Waals surface area contributed by atoms with E-state index in [-0.39, 0.29) is 18.3 Å². The van der Waals surface area contributed by atoms with Gasteiger partial charge in [-0.1, -0.05) is 5.16 Å². The molecule has 1 N–H and O–H groups in total. The van der Waals surface area contributed by atoms with Crippen LogP contribution in [-0.2, 0) is 16.0 Å². The monoisotopic (exact) mass is 347 g/mol. The van der Waals surface area contributed by atoms with E-state index in [0.717, 1.165) is 0 Å². The molecule has 7 nitrogen and oxygen atoms in total. The van der Waals surface area contributed by atoms with Crippen LogP contribution in [-0.4, -0.2) is 45.1 Å². The molecule has 1 amide bonds. The maximum Gasteiger partial charge on any atom is 0.308 e. The van der Waals surface area contributed by atoms with Crippen molar-refractivity contribution in [3.63, 3.8) is 0 Å². The van der Waals surface area contributed by atoms with E-state index in [4.69, 9.17) is 9.63 Å². The van der Waals surface area contributed by atoms with Gasteiger partial charge < -0.3 is 14.5 Å². The Morgan fingerprint density at radius 3 is 2.76 bits per heavy atom. The predicted octanol–water partition coefficient (Wildman–Crippen LogP) is 2.13. The van der Waals surface area contributed by atoms with E-state index in [1.54, 1.807) is 17.0 Å². The summed E-state index contributed by atoms with van der Waals surface area (Å²) in [6.45, 7) is 0.772. The highest BCUT2D eigenvalue weighted by molar-refractivity contribution is 5.78. The molecule has 3 rings (SSSR count). The summed E-state index contributed by atoms with van der Waals surface area (Å²) in [7, 11) is 0. The number of rotatable bonds is 6. The largest absolute Gasteiger partial charge is 0.481 e. The fraction of sp³-hybridized carbons (Fsp3) is 0.412. The molecule has 1 saturated heterocycles. The summed E-state index contributed by atoms with van der Waals surface area (Å²) in [5, 5.41) is 12.8. The number of likely N-dealkylation sites (tertiary alicyclic amines) is 1. The molecule has 8 heteroatoms. The highest BCUT2D eigenvalue weighted by Gasteiger charge is 2.30. The quantitative estimate of drug-likeness (QED) is 0.860. The van der Waals surface area contributed by atoms with E-state index < -0.39 is 11.9 Å². The third-order valence-corrected chi connectivity index (χ3v) is 4.24. The summed E-state index contributed by atoms with van der Waals surface area (Å²) >= 11 is 0. The number of hydrogen-bond acceptors (Lipinski definition) is 5. The molecule has 1 fully saturated rings. The number of aliphatic carboxylic acids is 1. The highest BCUT2D eigenvalue weighted by atomic mass is 19.1. The van der Waals surface area contributed by atoms with Crippen LogP contribution in [0.4, 0.5) is 4.39 Å². The summed E-state index contributed by atoms with van der Waals surface area (Å²) in [5.74, 6) is -0.908. The Morgan fingerprint density at radius 1 is 1.32 bits per heavy atom. The number of carboxylic acids is 1. The number of amides is 1. The zero-order valence-corrected chi connectivity index (χ0v) is 13.5. The van der Waals surface area contributed by atoms with Gasteiger partial charge in [-0.25, -0.2) is 4.39 Å². The van der Waals surface area contributed by atoms with Crippen molar-refractivity contribution >= 4 is 11.9 Å². The molecule has 1 aliphatic heterocycles. The van der Waals surface area contributed by atoms with Gasteiger partial charge in [0.05, 0.1) is 5.92 Å². The first kappa shape index (κ1) is 17.1. The number of halogens is 1. The Kier molecular flexibility index (Phi) is 5.06. The average molecular weight is 347 g/mol. The van der Waals surface area contributed by atoms with Crippen molar-refractivity contribution in [2.75, 3.05) is 13.1 Å². The lowest BCUT2D eigenvalue weighted by Crippen LogP contribution is -2.29.